The number of rotatable bonds is 6. The second kappa shape index (κ2) is 8.87. The van der Waals surface area contributed by atoms with Crippen LogP contribution in [0.4, 0.5) is 16.2 Å². The fraction of sp³-hybridized carbons (Fsp3) is 0.190. The van der Waals surface area contributed by atoms with Crippen molar-refractivity contribution in [3.63, 3.8) is 0 Å². The Morgan fingerprint density at radius 3 is 2.83 bits per heavy atom. The van der Waals surface area contributed by atoms with Crippen molar-refractivity contribution in [1.82, 2.24) is 19.5 Å². The number of nitrogens with one attached hydrogen (secondary N) is 1. The molecule has 150 valence electrons. The van der Waals surface area contributed by atoms with Gasteiger partial charge in [0, 0.05) is 32.5 Å². The molecule has 3 aromatic rings. The molecular formula is C21H22ClFN6. The molecule has 0 aliphatic rings. The van der Waals surface area contributed by atoms with Crippen LogP contribution in [0, 0.1) is 5.82 Å². The van der Waals surface area contributed by atoms with Crippen molar-refractivity contribution >= 4 is 36.0 Å². The maximum atomic E-state index is 13.4. The van der Waals surface area contributed by atoms with Gasteiger partial charge in [-0.1, -0.05) is 24.8 Å². The van der Waals surface area contributed by atoms with Gasteiger partial charge >= 0.3 is 0 Å². The lowest BCUT2D eigenvalue weighted by Gasteiger charge is -2.18. The Bertz CT molecular complexity index is 1150. The quantitative estimate of drug-likeness (QED) is 0.631. The van der Waals surface area contributed by atoms with E-state index < -0.39 is 0 Å². The molecule has 29 heavy (non-hydrogen) atoms. The number of hydrogen-bond donors (Lipinski definition) is 1. The third-order valence-electron chi connectivity index (χ3n) is 4.51. The molecule has 0 saturated heterocycles. The zero-order valence-electron chi connectivity index (χ0n) is 16.5. The van der Waals surface area contributed by atoms with Crippen LogP contribution in [0.25, 0.3) is 12.7 Å². The second-order valence-electron chi connectivity index (χ2n) is 6.41. The predicted octanol–water partition coefficient (Wildman–Crippen LogP) is 2.85. The fourth-order valence-corrected chi connectivity index (χ4v) is 2.96. The zero-order valence-corrected chi connectivity index (χ0v) is 17.3. The number of anilines is 2. The van der Waals surface area contributed by atoms with Gasteiger partial charge in [0.1, 0.15) is 11.6 Å². The second-order valence-corrected chi connectivity index (χ2v) is 6.75. The summed E-state index contributed by atoms with van der Waals surface area (Å²) < 4.78 is 15.2. The largest absolute Gasteiger partial charge is 0.352 e. The lowest BCUT2D eigenvalue weighted by molar-refractivity contribution is 0.626. The fourth-order valence-electron chi connectivity index (χ4n) is 2.81. The van der Waals surface area contributed by atoms with Crippen LogP contribution in [0.5, 0.6) is 0 Å². The van der Waals surface area contributed by atoms with E-state index in [9.17, 15) is 4.39 Å². The number of imidazole rings is 1. The molecular weight excluding hydrogens is 391 g/mol. The van der Waals surface area contributed by atoms with Gasteiger partial charge in [0.05, 0.1) is 10.7 Å². The summed E-state index contributed by atoms with van der Waals surface area (Å²) in [6.45, 7) is 6.51. The summed E-state index contributed by atoms with van der Waals surface area (Å²) in [5, 5.41) is 4.88. The Kier molecular flexibility index (Phi) is 6.29. The molecule has 0 aliphatic carbocycles. The molecule has 1 N–H and O–H groups in total. The maximum absolute atomic E-state index is 13.4. The molecule has 2 heterocycles. The molecule has 0 spiro atoms. The highest BCUT2D eigenvalue weighted by atomic mass is 35.5. The summed E-state index contributed by atoms with van der Waals surface area (Å²) in [5.74, 6) is 1.05. The number of nitrogens with zero attached hydrogens (tertiary/aromatic N) is 5. The molecule has 0 fully saturated rings. The van der Waals surface area contributed by atoms with E-state index in [0.717, 1.165) is 16.6 Å². The molecule has 0 amide bonds. The maximum Gasteiger partial charge on any atom is 0.224 e. The van der Waals surface area contributed by atoms with E-state index in [-0.39, 0.29) is 11.1 Å². The van der Waals surface area contributed by atoms with Crippen molar-refractivity contribution in [2.75, 3.05) is 17.3 Å². The average molecular weight is 413 g/mol. The van der Waals surface area contributed by atoms with E-state index in [2.05, 4.69) is 26.8 Å². The van der Waals surface area contributed by atoms with Gasteiger partial charge in [0.15, 0.2) is 0 Å². The molecule has 0 saturated carbocycles. The Morgan fingerprint density at radius 2 is 2.14 bits per heavy atom. The highest BCUT2D eigenvalue weighted by Crippen LogP contribution is 2.16. The summed E-state index contributed by atoms with van der Waals surface area (Å²) in [4.78, 5) is 14.7. The predicted molar refractivity (Wildman–Crippen MR) is 115 cm³/mol. The van der Waals surface area contributed by atoms with Crippen LogP contribution >= 0.6 is 11.6 Å². The minimum absolute atomic E-state index is 0.185. The number of hydrogen-bond acceptors (Lipinski definition) is 5. The van der Waals surface area contributed by atoms with Gasteiger partial charge in [-0.05, 0) is 48.4 Å². The van der Waals surface area contributed by atoms with Gasteiger partial charge in [-0.15, -0.1) is 0 Å². The van der Waals surface area contributed by atoms with Gasteiger partial charge in [0.25, 0.3) is 0 Å². The number of allylic oxidation sites excluding steroid dienone is 2. The third kappa shape index (κ3) is 4.81. The zero-order chi connectivity index (χ0) is 21.0. The van der Waals surface area contributed by atoms with E-state index in [1.807, 2.05) is 48.7 Å². The van der Waals surface area contributed by atoms with E-state index in [1.165, 1.54) is 12.1 Å². The van der Waals surface area contributed by atoms with Gasteiger partial charge in [-0.2, -0.15) is 0 Å². The Labute approximate surface area is 173 Å². The number of halogens is 2. The summed E-state index contributed by atoms with van der Waals surface area (Å²) in [6, 6.07) is 8.24. The van der Waals surface area contributed by atoms with Crippen molar-refractivity contribution in [3.05, 3.63) is 75.7 Å². The van der Waals surface area contributed by atoms with Crippen molar-refractivity contribution in [2.24, 2.45) is 7.05 Å². The van der Waals surface area contributed by atoms with Crippen LogP contribution in [-0.2, 0) is 13.6 Å². The minimum atomic E-state index is -0.262. The summed E-state index contributed by atoms with van der Waals surface area (Å²) in [6.07, 6.45) is 5.48. The first-order valence-electron chi connectivity index (χ1n) is 8.99. The van der Waals surface area contributed by atoms with E-state index >= 15 is 0 Å². The summed E-state index contributed by atoms with van der Waals surface area (Å²) in [7, 11) is 3.77. The van der Waals surface area contributed by atoms with Crippen LogP contribution in [0.15, 0.2) is 48.3 Å². The first-order valence-corrected chi connectivity index (χ1v) is 9.37. The van der Waals surface area contributed by atoms with Crippen LogP contribution in [0.2, 0.25) is 5.28 Å². The lowest BCUT2D eigenvalue weighted by Crippen LogP contribution is -2.29. The normalized spacial score (nSPS) is 12.3. The minimum Gasteiger partial charge on any atom is -0.352 e. The Morgan fingerprint density at radius 1 is 1.34 bits per heavy atom. The Balaban J connectivity index is 1.87. The molecule has 1 aromatic carbocycles. The third-order valence-corrected chi connectivity index (χ3v) is 4.69. The number of benzene rings is 1. The molecule has 0 unspecified atom stereocenters. The molecule has 8 heteroatoms. The molecule has 3 rings (SSSR count). The highest BCUT2D eigenvalue weighted by molar-refractivity contribution is 6.28. The lowest BCUT2D eigenvalue weighted by atomic mass is 10.2. The molecule has 2 aromatic heterocycles. The van der Waals surface area contributed by atoms with E-state index in [1.54, 1.807) is 18.3 Å². The summed E-state index contributed by atoms with van der Waals surface area (Å²) >= 11 is 5.91. The van der Waals surface area contributed by atoms with Crippen molar-refractivity contribution in [1.29, 1.82) is 0 Å². The van der Waals surface area contributed by atoms with Gasteiger partial charge in [0.2, 0.25) is 11.2 Å². The molecule has 0 atom stereocenters. The van der Waals surface area contributed by atoms with Gasteiger partial charge in [-0.3, -0.25) is 0 Å². The topological polar surface area (TPSA) is 58.9 Å². The van der Waals surface area contributed by atoms with E-state index in [4.69, 9.17) is 11.6 Å². The van der Waals surface area contributed by atoms with Crippen LogP contribution in [0.3, 0.4) is 0 Å². The Hall–Kier alpha value is -3.19. The van der Waals surface area contributed by atoms with Crippen molar-refractivity contribution in [2.45, 2.75) is 13.5 Å². The first kappa shape index (κ1) is 20.5. The number of aromatic nitrogens is 4. The molecule has 6 nitrogen and oxygen atoms in total. The molecule has 0 aliphatic heterocycles. The standard InChI is InChI=1S/C21H22ClFN6/c1-5-17(29(4)19-9-10-24-20(22)27-19)12-18-14(2)28(3)21(26-18)25-13-15-7-6-8-16(23)11-15/h5-12H,2,13H2,1,3-4H3,(H,25,26)/b17-5+,18-12+. The van der Waals surface area contributed by atoms with Crippen molar-refractivity contribution < 1.29 is 4.39 Å². The SMILES string of the molecule is C=c1/c(=C\C(=C/C)N(C)c2ccnc(Cl)n2)nc(NCc2cccc(F)c2)n1C. The van der Waals surface area contributed by atoms with Gasteiger partial charge < -0.3 is 14.8 Å². The van der Waals surface area contributed by atoms with Crippen LogP contribution < -0.4 is 20.9 Å². The first-order chi connectivity index (χ1) is 13.9. The summed E-state index contributed by atoms with van der Waals surface area (Å²) in [5.41, 5.74) is 1.71. The van der Waals surface area contributed by atoms with Gasteiger partial charge in [-0.25, -0.2) is 19.3 Å². The van der Waals surface area contributed by atoms with Crippen LogP contribution in [-0.4, -0.2) is 26.6 Å². The highest BCUT2D eigenvalue weighted by Gasteiger charge is 2.09. The smallest absolute Gasteiger partial charge is 0.224 e. The van der Waals surface area contributed by atoms with Crippen LogP contribution in [0.1, 0.15) is 12.5 Å². The monoisotopic (exact) mass is 412 g/mol. The van der Waals surface area contributed by atoms with Crippen molar-refractivity contribution in [3.8, 4) is 0 Å². The molecule has 0 bridgehead atoms. The van der Waals surface area contributed by atoms with E-state index in [0.29, 0.717) is 23.7 Å². The average Bonchev–Trinajstić information content (AvgIpc) is 2.98. The molecule has 0 radical (unpaired) electrons.